The first-order valence-corrected chi connectivity index (χ1v) is 10.5. The Morgan fingerprint density at radius 1 is 1.03 bits per heavy atom. The molecular weight excluding hydrogens is 378 g/mol. The summed E-state index contributed by atoms with van der Waals surface area (Å²) in [7, 11) is 0. The van der Waals surface area contributed by atoms with Gasteiger partial charge in [0.25, 0.3) is 5.91 Å². The van der Waals surface area contributed by atoms with Crippen molar-refractivity contribution in [2.45, 2.75) is 25.5 Å². The van der Waals surface area contributed by atoms with Crippen molar-refractivity contribution >= 4 is 5.91 Å². The molecule has 2 aliphatic rings. The van der Waals surface area contributed by atoms with Crippen molar-refractivity contribution in [3.63, 3.8) is 0 Å². The molecule has 0 aliphatic carbocycles. The maximum absolute atomic E-state index is 12.5. The Kier molecular flexibility index (Phi) is 5.24. The lowest BCUT2D eigenvalue weighted by atomic mass is 10.1. The number of carbonyl (C=O) groups excluding carboxylic acids is 1. The van der Waals surface area contributed by atoms with Gasteiger partial charge in [0, 0.05) is 30.4 Å². The third-order valence-electron chi connectivity index (χ3n) is 5.63. The second-order valence-electron chi connectivity index (χ2n) is 7.86. The SMILES string of the molecule is O=C(c1ccc(Cn2nccc2-c2ccc(OCC3CO3)cc2)cc1)N1CCCC1. The highest BCUT2D eigenvalue weighted by Crippen LogP contribution is 2.24. The molecule has 0 bridgehead atoms. The van der Waals surface area contributed by atoms with E-state index in [1.54, 1.807) is 0 Å². The van der Waals surface area contributed by atoms with Gasteiger partial charge in [0.2, 0.25) is 0 Å². The topological polar surface area (TPSA) is 59.9 Å². The van der Waals surface area contributed by atoms with Gasteiger partial charge in [0.1, 0.15) is 18.5 Å². The van der Waals surface area contributed by atoms with E-state index in [0.717, 1.165) is 60.7 Å². The van der Waals surface area contributed by atoms with Gasteiger partial charge in [0.05, 0.1) is 18.8 Å². The van der Waals surface area contributed by atoms with Crippen LogP contribution in [-0.4, -0.2) is 53.0 Å². The van der Waals surface area contributed by atoms with Gasteiger partial charge in [-0.05, 0) is 60.9 Å². The minimum absolute atomic E-state index is 0.134. The Morgan fingerprint density at radius 3 is 2.47 bits per heavy atom. The minimum Gasteiger partial charge on any atom is -0.491 e. The third kappa shape index (κ3) is 4.24. The number of aromatic nitrogens is 2. The number of nitrogens with zero attached hydrogens (tertiary/aromatic N) is 3. The molecule has 2 aliphatic heterocycles. The van der Waals surface area contributed by atoms with Crippen LogP contribution in [0.25, 0.3) is 11.3 Å². The Hall–Kier alpha value is -3.12. The van der Waals surface area contributed by atoms with Crippen LogP contribution in [-0.2, 0) is 11.3 Å². The standard InChI is InChI=1S/C24H25N3O3/c28-24(26-13-1-2-14-26)20-5-3-18(4-6-20)15-27-23(11-12-25-27)19-7-9-21(10-8-19)29-16-22-17-30-22/h3-12,22H,1-2,13-17H2. The van der Waals surface area contributed by atoms with E-state index in [-0.39, 0.29) is 12.0 Å². The van der Waals surface area contributed by atoms with Crippen LogP contribution < -0.4 is 4.74 Å². The summed E-state index contributed by atoms with van der Waals surface area (Å²) < 4.78 is 12.9. The second kappa shape index (κ2) is 8.32. The number of carbonyl (C=O) groups is 1. The van der Waals surface area contributed by atoms with Crippen molar-refractivity contribution in [3.05, 3.63) is 71.9 Å². The molecule has 5 rings (SSSR count). The Labute approximate surface area is 176 Å². The monoisotopic (exact) mass is 403 g/mol. The zero-order chi connectivity index (χ0) is 20.3. The van der Waals surface area contributed by atoms with Gasteiger partial charge in [-0.1, -0.05) is 12.1 Å². The van der Waals surface area contributed by atoms with Crippen LogP contribution in [0.2, 0.25) is 0 Å². The highest BCUT2D eigenvalue weighted by atomic mass is 16.6. The van der Waals surface area contributed by atoms with Gasteiger partial charge in [-0.3, -0.25) is 9.48 Å². The molecule has 154 valence electrons. The van der Waals surface area contributed by atoms with Crippen LogP contribution in [0, 0.1) is 0 Å². The van der Waals surface area contributed by atoms with E-state index in [1.165, 1.54) is 0 Å². The van der Waals surface area contributed by atoms with E-state index in [2.05, 4.69) is 17.2 Å². The van der Waals surface area contributed by atoms with Crippen LogP contribution in [0.4, 0.5) is 0 Å². The molecule has 2 saturated heterocycles. The fourth-order valence-corrected chi connectivity index (χ4v) is 3.81. The van der Waals surface area contributed by atoms with Crippen molar-refractivity contribution in [3.8, 4) is 17.0 Å². The summed E-state index contributed by atoms with van der Waals surface area (Å²) in [5, 5.41) is 4.49. The van der Waals surface area contributed by atoms with Crippen LogP contribution in [0.5, 0.6) is 5.75 Å². The van der Waals surface area contributed by atoms with Gasteiger partial charge < -0.3 is 14.4 Å². The number of likely N-dealkylation sites (tertiary alicyclic amines) is 1. The molecule has 0 saturated carbocycles. The summed E-state index contributed by atoms with van der Waals surface area (Å²) in [6.45, 7) is 3.79. The Morgan fingerprint density at radius 2 is 1.77 bits per heavy atom. The van der Waals surface area contributed by atoms with Crippen molar-refractivity contribution in [1.29, 1.82) is 0 Å². The molecule has 0 radical (unpaired) electrons. The molecule has 1 unspecified atom stereocenters. The summed E-state index contributed by atoms with van der Waals surface area (Å²) in [4.78, 5) is 14.5. The predicted molar refractivity (Wildman–Crippen MR) is 114 cm³/mol. The number of benzene rings is 2. The Balaban J connectivity index is 1.26. The minimum atomic E-state index is 0.134. The average molecular weight is 403 g/mol. The molecule has 1 aromatic heterocycles. The average Bonchev–Trinajstić information content (AvgIpc) is 3.24. The number of hydrogen-bond donors (Lipinski definition) is 0. The molecule has 0 spiro atoms. The maximum atomic E-state index is 12.5. The van der Waals surface area contributed by atoms with Crippen molar-refractivity contribution in [1.82, 2.24) is 14.7 Å². The normalized spacial score (nSPS) is 17.9. The van der Waals surface area contributed by atoms with Crippen LogP contribution >= 0.6 is 0 Å². The molecule has 30 heavy (non-hydrogen) atoms. The van der Waals surface area contributed by atoms with Gasteiger partial charge in [0.15, 0.2) is 0 Å². The summed E-state index contributed by atoms with van der Waals surface area (Å²) in [5.41, 5.74) is 4.00. The number of amides is 1. The summed E-state index contributed by atoms with van der Waals surface area (Å²) in [5.74, 6) is 0.980. The molecule has 1 amide bonds. The van der Waals surface area contributed by atoms with E-state index >= 15 is 0 Å². The molecule has 2 fully saturated rings. The maximum Gasteiger partial charge on any atom is 0.253 e. The summed E-state index contributed by atoms with van der Waals surface area (Å²) in [6, 6.07) is 18.0. The van der Waals surface area contributed by atoms with E-state index in [9.17, 15) is 4.79 Å². The van der Waals surface area contributed by atoms with Crippen LogP contribution in [0.1, 0.15) is 28.8 Å². The van der Waals surface area contributed by atoms with E-state index in [4.69, 9.17) is 9.47 Å². The van der Waals surface area contributed by atoms with E-state index in [1.807, 2.05) is 58.2 Å². The van der Waals surface area contributed by atoms with Gasteiger partial charge in [-0.2, -0.15) is 5.10 Å². The van der Waals surface area contributed by atoms with Crippen molar-refractivity contribution < 1.29 is 14.3 Å². The molecule has 6 nitrogen and oxygen atoms in total. The number of rotatable bonds is 7. The second-order valence-corrected chi connectivity index (χ2v) is 7.86. The van der Waals surface area contributed by atoms with Crippen molar-refractivity contribution in [2.75, 3.05) is 26.3 Å². The summed E-state index contributed by atoms with van der Waals surface area (Å²) >= 11 is 0. The third-order valence-corrected chi connectivity index (χ3v) is 5.63. The lowest BCUT2D eigenvalue weighted by Crippen LogP contribution is -2.27. The molecule has 0 N–H and O–H groups in total. The molecule has 3 aromatic rings. The lowest BCUT2D eigenvalue weighted by molar-refractivity contribution is 0.0793. The molecule has 6 heteroatoms. The predicted octanol–water partition coefficient (Wildman–Crippen LogP) is 3.61. The molecule has 3 heterocycles. The first-order chi connectivity index (χ1) is 14.8. The number of hydrogen-bond acceptors (Lipinski definition) is 4. The number of ether oxygens (including phenoxy) is 2. The van der Waals surface area contributed by atoms with Crippen LogP contribution in [0.15, 0.2) is 60.8 Å². The van der Waals surface area contributed by atoms with Gasteiger partial charge in [-0.25, -0.2) is 0 Å². The molecule has 2 aromatic carbocycles. The quantitative estimate of drug-likeness (QED) is 0.566. The van der Waals surface area contributed by atoms with Crippen LogP contribution in [0.3, 0.4) is 0 Å². The number of epoxide rings is 1. The first-order valence-electron chi connectivity index (χ1n) is 10.5. The largest absolute Gasteiger partial charge is 0.491 e. The van der Waals surface area contributed by atoms with E-state index in [0.29, 0.717) is 13.2 Å². The molecular formula is C24H25N3O3. The zero-order valence-electron chi connectivity index (χ0n) is 16.9. The van der Waals surface area contributed by atoms with E-state index < -0.39 is 0 Å². The lowest BCUT2D eigenvalue weighted by Gasteiger charge is -2.15. The van der Waals surface area contributed by atoms with Gasteiger partial charge >= 0.3 is 0 Å². The highest BCUT2D eigenvalue weighted by molar-refractivity contribution is 5.94. The highest BCUT2D eigenvalue weighted by Gasteiger charge is 2.23. The fourth-order valence-electron chi connectivity index (χ4n) is 3.81. The smallest absolute Gasteiger partial charge is 0.253 e. The van der Waals surface area contributed by atoms with Crippen molar-refractivity contribution in [2.24, 2.45) is 0 Å². The molecule has 1 atom stereocenters. The zero-order valence-corrected chi connectivity index (χ0v) is 16.9. The van der Waals surface area contributed by atoms with Gasteiger partial charge in [-0.15, -0.1) is 0 Å². The Bertz CT molecular complexity index is 1000. The summed E-state index contributed by atoms with van der Waals surface area (Å²) in [6.07, 6.45) is 4.28. The fraction of sp³-hybridized carbons (Fsp3) is 0.333. The first kappa shape index (κ1) is 18.9.